The number of halogens is 2. The quantitative estimate of drug-likeness (QED) is 0.918. The lowest BCUT2D eigenvalue weighted by molar-refractivity contribution is 0.598. The van der Waals surface area contributed by atoms with Gasteiger partial charge in [0.2, 0.25) is 0 Å². The van der Waals surface area contributed by atoms with E-state index in [2.05, 4.69) is 9.82 Å². The maximum absolute atomic E-state index is 12.6. The number of rotatable bonds is 4. The molecule has 2 aromatic rings. The number of anilines is 1. The molecule has 1 aromatic heterocycles. The van der Waals surface area contributed by atoms with Gasteiger partial charge in [-0.25, -0.2) is 8.42 Å². The number of hydrogen-bond donors (Lipinski definition) is 1. The molecule has 1 aromatic carbocycles. The van der Waals surface area contributed by atoms with Crippen LogP contribution < -0.4 is 4.72 Å². The van der Waals surface area contributed by atoms with Crippen molar-refractivity contribution in [2.75, 3.05) is 4.72 Å². The van der Waals surface area contributed by atoms with Crippen LogP contribution in [0.15, 0.2) is 23.1 Å². The highest BCUT2D eigenvalue weighted by atomic mass is 35.5. The normalized spacial score (nSPS) is 11.7. The van der Waals surface area contributed by atoms with E-state index in [9.17, 15) is 8.42 Å². The van der Waals surface area contributed by atoms with E-state index in [1.165, 1.54) is 0 Å². The smallest absolute Gasteiger partial charge is 0.265 e. The lowest BCUT2D eigenvalue weighted by Gasteiger charge is -2.10. The van der Waals surface area contributed by atoms with E-state index in [0.717, 1.165) is 0 Å². The predicted octanol–water partition coefficient (Wildman–Crippen LogP) is 3.63. The Hall–Kier alpha value is -1.24. The standard InChI is InChI=1S/C13H15Cl2N3O2S/c1-4-18-9(3)13(8(2)16-18)21(19,20)17-11-7-5-6-10(14)12(11)15/h5-7,17H,4H2,1-3H3. The fraction of sp³-hybridized carbons (Fsp3) is 0.308. The zero-order chi connectivity index (χ0) is 15.8. The van der Waals surface area contributed by atoms with E-state index in [1.807, 2.05) is 6.92 Å². The Bertz CT molecular complexity index is 785. The first-order valence-corrected chi connectivity index (χ1v) is 8.52. The summed E-state index contributed by atoms with van der Waals surface area (Å²) >= 11 is 11.9. The molecule has 8 heteroatoms. The van der Waals surface area contributed by atoms with Crippen molar-refractivity contribution in [2.24, 2.45) is 0 Å². The van der Waals surface area contributed by atoms with Crippen LogP contribution in [0.25, 0.3) is 0 Å². The summed E-state index contributed by atoms with van der Waals surface area (Å²) in [4.78, 5) is 0.167. The van der Waals surface area contributed by atoms with Gasteiger partial charge in [0.1, 0.15) is 4.90 Å². The molecule has 1 heterocycles. The zero-order valence-corrected chi connectivity index (χ0v) is 14.1. The van der Waals surface area contributed by atoms with Gasteiger partial charge in [-0.15, -0.1) is 0 Å². The maximum atomic E-state index is 12.6. The molecule has 0 radical (unpaired) electrons. The third-order valence-electron chi connectivity index (χ3n) is 3.08. The predicted molar refractivity (Wildman–Crippen MR) is 84.6 cm³/mol. The molecule has 21 heavy (non-hydrogen) atoms. The molecule has 0 saturated carbocycles. The third kappa shape index (κ3) is 3.02. The summed E-state index contributed by atoms with van der Waals surface area (Å²) in [7, 11) is -3.78. The van der Waals surface area contributed by atoms with Gasteiger partial charge in [-0.2, -0.15) is 5.10 Å². The van der Waals surface area contributed by atoms with Crippen LogP contribution >= 0.6 is 23.2 Å². The largest absolute Gasteiger partial charge is 0.278 e. The van der Waals surface area contributed by atoms with Gasteiger partial charge in [-0.05, 0) is 32.9 Å². The van der Waals surface area contributed by atoms with Gasteiger partial charge < -0.3 is 0 Å². The van der Waals surface area contributed by atoms with Gasteiger partial charge >= 0.3 is 0 Å². The number of nitrogens with one attached hydrogen (secondary N) is 1. The average Bonchev–Trinajstić information content (AvgIpc) is 2.70. The summed E-state index contributed by atoms with van der Waals surface area (Å²) in [6.45, 7) is 5.88. The molecule has 2 rings (SSSR count). The van der Waals surface area contributed by atoms with Gasteiger partial charge in [0.15, 0.2) is 0 Å². The monoisotopic (exact) mass is 347 g/mol. The number of sulfonamides is 1. The van der Waals surface area contributed by atoms with E-state index in [4.69, 9.17) is 23.2 Å². The summed E-state index contributed by atoms with van der Waals surface area (Å²) in [6, 6.07) is 4.77. The van der Waals surface area contributed by atoms with Crippen molar-refractivity contribution < 1.29 is 8.42 Å². The molecule has 0 bridgehead atoms. The molecule has 1 N–H and O–H groups in total. The lowest BCUT2D eigenvalue weighted by Crippen LogP contribution is -2.15. The molecule has 0 saturated heterocycles. The number of aromatic nitrogens is 2. The summed E-state index contributed by atoms with van der Waals surface area (Å²) in [5, 5.41) is 4.67. The Labute approximate surface area is 133 Å². The Morgan fingerprint density at radius 3 is 2.52 bits per heavy atom. The van der Waals surface area contributed by atoms with Crippen molar-refractivity contribution in [1.29, 1.82) is 0 Å². The fourth-order valence-electron chi connectivity index (χ4n) is 2.16. The van der Waals surface area contributed by atoms with Crippen LogP contribution in [0, 0.1) is 13.8 Å². The van der Waals surface area contributed by atoms with Gasteiger partial charge in [0, 0.05) is 6.54 Å². The molecule has 0 aliphatic heterocycles. The van der Waals surface area contributed by atoms with Crippen molar-refractivity contribution in [3.05, 3.63) is 39.6 Å². The van der Waals surface area contributed by atoms with Crippen LogP contribution in [0.2, 0.25) is 10.0 Å². The van der Waals surface area contributed by atoms with Crippen LogP contribution in [0.3, 0.4) is 0 Å². The van der Waals surface area contributed by atoms with Crippen LogP contribution in [-0.2, 0) is 16.6 Å². The van der Waals surface area contributed by atoms with Gasteiger partial charge in [0.05, 0.1) is 27.1 Å². The summed E-state index contributed by atoms with van der Waals surface area (Å²) < 4.78 is 29.2. The highest BCUT2D eigenvalue weighted by Gasteiger charge is 2.25. The Morgan fingerprint density at radius 2 is 1.95 bits per heavy atom. The van der Waals surface area contributed by atoms with Gasteiger partial charge in [0.25, 0.3) is 10.0 Å². The molecule has 0 spiro atoms. The first kappa shape index (κ1) is 16.1. The first-order valence-electron chi connectivity index (χ1n) is 6.28. The van der Waals surface area contributed by atoms with E-state index < -0.39 is 10.0 Å². The summed E-state index contributed by atoms with van der Waals surface area (Å²) in [5.41, 5.74) is 1.27. The van der Waals surface area contributed by atoms with Crippen molar-refractivity contribution in [2.45, 2.75) is 32.2 Å². The summed E-state index contributed by atoms with van der Waals surface area (Å²) in [5.74, 6) is 0. The molecule has 0 aliphatic carbocycles. The minimum absolute atomic E-state index is 0.167. The molecule has 5 nitrogen and oxygen atoms in total. The molecular weight excluding hydrogens is 333 g/mol. The second-order valence-corrected chi connectivity index (χ2v) is 6.93. The lowest BCUT2D eigenvalue weighted by atomic mass is 10.3. The second kappa shape index (κ2) is 5.87. The SMILES string of the molecule is CCn1nc(C)c(S(=O)(=O)Nc2cccc(Cl)c2Cl)c1C. The number of nitrogens with zero attached hydrogens (tertiary/aromatic N) is 2. The van der Waals surface area contributed by atoms with Gasteiger partial charge in [-0.3, -0.25) is 9.40 Å². The Balaban J connectivity index is 2.49. The Morgan fingerprint density at radius 1 is 1.29 bits per heavy atom. The molecular formula is C13H15Cl2N3O2S. The van der Waals surface area contributed by atoms with Crippen LogP contribution in [0.5, 0.6) is 0 Å². The Kier molecular flexibility index (Phi) is 4.51. The van der Waals surface area contributed by atoms with Crippen molar-refractivity contribution in [3.63, 3.8) is 0 Å². The van der Waals surface area contributed by atoms with Gasteiger partial charge in [-0.1, -0.05) is 29.3 Å². The van der Waals surface area contributed by atoms with E-state index in [1.54, 1.807) is 36.7 Å². The molecule has 114 valence electrons. The first-order chi connectivity index (χ1) is 9.77. The van der Waals surface area contributed by atoms with E-state index in [-0.39, 0.29) is 20.6 Å². The van der Waals surface area contributed by atoms with Crippen molar-refractivity contribution in [3.8, 4) is 0 Å². The van der Waals surface area contributed by atoms with Crippen LogP contribution in [-0.4, -0.2) is 18.2 Å². The van der Waals surface area contributed by atoms with Crippen molar-refractivity contribution in [1.82, 2.24) is 9.78 Å². The molecule has 0 fully saturated rings. The fourth-order valence-corrected chi connectivity index (χ4v) is 4.05. The highest BCUT2D eigenvalue weighted by molar-refractivity contribution is 7.92. The number of benzene rings is 1. The number of hydrogen-bond acceptors (Lipinski definition) is 3. The third-order valence-corrected chi connectivity index (χ3v) is 5.52. The molecule has 0 atom stereocenters. The highest BCUT2D eigenvalue weighted by Crippen LogP contribution is 2.32. The minimum atomic E-state index is -3.78. The topological polar surface area (TPSA) is 64.0 Å². The second-order valence-electron chi connectivity index (χ2n) is 4.52. The van der Waals surface area contributed by atoms with Crippen LogP contribution in [0.4, 0.5) is 5.69 Å². The molecule has 0 aliphatic rings. The summed E-state index contributed by atoms with van der Waals surface area (Å²) in [6.07, 6.45) is 0. The van der Waals surface area contributed by atoms with Crippen LogP contribution in [0.1, 0.15) is 18.3 Å². The minimum Gasteiger partial charge on any atom is -0.278 e. The van der Waals surface area contributed by atoms with E-state index in [0.29, 0.717) is 17.9 Å². The van der Waals surface area contributed by atoms with Crippen molar-refractivity contribution >= 4 is 38.9 Å². The molecule has 0 unspecified atom stereocenters. The van der Waals surface area contributed by atoms with E-state index >= 15 is 0 Å². The molecule has 0 amide bonds. The number of aryl methyl sites for hydroxylation is 2. The average molecular weight is 348 g/mol. The maximum Gasteiger partial charge on any atom is 0.265 e. The zero-order valence-electron chi connectivity index (χ0n) is 11.8.